The zero-order valence-electron chi connectivity index (χ0n) is 15.1. The summed E-state index contributed by atoms with van der Waals surface area (Å²) < 4.78 is 10.5. The van der Waals surface area contributed by atoms with Crippen LogP contribution in [0.2, 0.25) is 0 Å². The molecule has 3 N–H and O–H groups in total. The molecule has 8 nitrogen and oxygen atoms in total. The Morgan fingerprint density at radius 3 is 2.17 bits per heavy atom. The molecule has 1 amide bonds. The maximum atomic E-state index is 12.3. The summed E-state index contributed by atoms with van der Waals surface area (Å²) in [6, 6.07) is -0.909. The van der Waals surface area contributed by atoms with Crippen molar-refractivity contribution in [3.8, 4) is 0 Å². The van der Waals surface area contributed by atoms with Crippen LogP contribution < -0.4 is 10.9 Å². The first-order valence-electron chi connectivity index (χ1n) is 7.85. The second-order valence-electron chi connectivity index (χ2n) is 7.54. The molecule has 8 heteroatoms. The van der Waals surface area contributed by atoms with Crippen molar-refractivity contribution in [2.75, 3.05) is 0 Å². The molecule has 0 spiro atoms. The van der Waals surface area contributed by atoms with Crippen LogP contribution in [0.3, 0.4) is 0 Å². The van der Waals surface area contributed by atoms with Crippen LogP contribution in [-0.4, -0.2) is 39.5 Å². The summed E-state index contributed by atoms with van der Waals surface area (Å²) in [5, 5.41) is 7.54. The molecular formula is C16H27N3O5. The molecule has 1 rings (SSSR count). The zero-order chi connectivity index (χ0) is 18.5. The minimum Gasteiger partial charge on any atom is -0.458 e. The van der Waals surface area contributed by atoms with Gasteiger partial charge >= 0.3 is 12.1 Å². The van der Waals surface area contributed by atoms with Crippen molar-refractivity contribution in [3.05, 3.63) is 22.1 Å². The molecule has 0 aliphatic rings. The highest BCUT2D eigenvalue weighted by molar-refractivity contribution is 5.81. The van der Waals surface area contributed by atoms with E-state index in [0.717, 1.165) is 0 Å². The van der Waals surface area contributed by atoms with Crippen molar-refractivity contribution >= 4 is 12.1 Å². The second-order valence-corrected chi connectivity index (χ2v) is 7.54. The number of esters is 1. The van der Waals surface area contributed by atoms with Crippen LogP contribution in [0.5, 0.6) is 0 Å². The lowest BCUT2D eigenvalue weighted by atomic mass is 10.1. The Balaban J connectivity index is 2.78. The van der Waals surface area contributed by atoms with Crippen molar-refractivity contribution in [1.29, 1.82) is 0 Å². The average Bonchev–Trinajstić information content (AvgIpc) is 2.75. The number of carbonyl (C=O) groups excluding carboxylic acids is 2. The molecule has 24 heavy (non-hydrogen) atoms. The molecule has 0 aliphatic heterocycles. The van der Waals surface area contributed by atoms with Crippen LogP contribution in [0.15, 0.2) is 11.0 Å². The van der Waals surface area contributed by atoms with Gasteiger partial charge < -0.3 is 19.9 Å². The van der Waals surface area contributed by atoms with Gasteiger partial charge in [-0.25, -0.2) is 9.59 Å². The number of rotatable bonds is 5. The number of amides is 1. The van der Waals surface area contributed by atoms with E-state index in [1.165, 1.54) is 6.20 Å². The second kappa shape index (κ2) is 7.55. The summed E-state index contributed by atoms with van der Waals surface area (Å²) in [5.74, 6) is -0.569. The summed E-state index contributed by atoms with van der Waals surface area (Å²) in [4.78, 5) is 35.8. The summed E-state index contributed by atoms with van der Waals surface area (Å²) in [6.07, 6.45) is 1.34. The maximum Gasteiger partial charge on any atom is 0.408 e. The third-order valence-electron chi connectivity index (χ3n) is 2.81. The molecule has 0 saturated heterocycles. The molecule has 1 aromatic heterocycles. The minimum atomic E-state index is -0.909. The molecule has 1 aromatic rings. The van der Waals surface area contributed by atoms with Gasteiger partial charge in [-0.2, -0.15) is 0 Å². The largest absolute Gasteiger partial charge is 0.458 e. The fraction of sp³-hybridized carbons (Fsp3) is 0.688. The Morgan fingerprint density at radius 2 is 1.71 bits per heavy atom. The van der Waals surface area contributed by atoms with Crippen LogP contribution >= 0.6 is 0 Å². The summed E-state index contributed by atoms with van der Waals surface area (Å²) in [5.41, 5.74) is -1.12. The number of aromatic nitrogens is 2. The van der Waals surface area contributed by atoms with Gasteiger partial charge in [0, 0.05) is 11.8 Å². The molecule has 0 bridgehead atoms. The number of hydrogen-bond donors (Lipinski definition) is 3. The van der Waals surface area contributed by atoms with Crippen molar-refractivity contribution in [1.82, 2.24) is 15.5 Å². The standard InChI is InChI=1S/C16H27N3O5/c1-15(2,3)23-13(21)11(18-14(22)24-16(4,5)6)8-7-10-9-17-19-12(10)20/h9,11H,7-8H2,1-6H3,(H,18,22)(H2,17,19,20)/t11-/m0/s1. The quantitative estimate of drug-likeness (QED) is 0.708. The summed E-state index contributed by atoms with van der Waals surface area (Å²) >= 11 is 0. The molecule has 136 valence electrons. The third-order valence-corrected chi connectivity index (χ3v) is 2.81. The molecule has 0 aromatic carbocycles. The highest BCUT2D eigenvalue weighted by atomic mass is 16.6. The SMILES string of the molecule is CC(C)(C)OC(=O)N[C@@H](CCc1c[nH][nH]c1=O)C(=O)OC(C)(C)C. The Hall–Kier alpha value is -2.25. The molecule has 1 atom stereocenters. The number of aromatic amines is 2. The third kappa shape index (κ3) is 7.34. The lowest BCUT2D eigenvalue weighted by Gasteiger charge is -2.26. The van der Waals surface area contributed by atoms with Gasteiger partial charge in [-0.15, -0.1) is 0 Å². The summed E-state index contributed by atoms with van der Waals surface area (Å²) in [6.45, 7) is 10.4. The van der Waals surface area contributed by atoms with Gasteiger partial charge in [0.05, 0.1) is 0 Å². The van der Waals surface area contributed by atoms with Gasteiger partial charge in [-0.1, -0.05) is 0 Å². The highest BCUT2D eigenvalue weighted by Gasteiger charge is 2.28. The first-order valence-corrected chi connectivity index (χ1v) is 7.85. The fourth-order valence-corrected chi connectivity index (χ4v) is 1.89. The van der Waals surface area contributed by atoms with Crippen molar-refractivity contribution < 1.29 is 19.1 Å². The van der Waals surface area contributed by atoms with E-state index in [4.69, 9.17) is 9.47 Å². The molecule has 0 fully saturated rings. The Kier molecular flexibility index (Phi) is 6.22. The Labute approximate surface area is 141 Å². The minimum absolute atomic E-state index is 0.217. The number of carbonyl (C=O) groups is 2. The lowest BCUT2D eigenvalue weighted by Crippen LogP contribution is -2.46. The van der Waals surface area contributed by atoms with E-state index in [0.29, 0.717) is 12.0 Å². The highest BCUT2D eigenvalue weighted by Crippen LogP contribution is 2.12. The van der Waals surface area contributed by atoms with Crippen molar-refractivity contribution in [3.63, 3.8) is 0 Å². The Morgan fingerprint density at radius 1 is 1.12 bits per heavy atom. The molecule has 1 heterocycles. The smallest absolute Gasteiger partial charge is 0.408 e. The number of H-pyrrole nitrogens is 2. The van der Waals surface area contributed by atoms with E-state index >= 15 is 0 Å². The van der Waals surface area contributed by atoms with Crippen molar-refractivity contribution in [2.45, 2.75) is 71.6 Å². The van der Waals surface area contributed by atoms with Crippen LogP contribution in [0, 0.1) is 0 Å². The fourth-order valence-electron chi connectivity index (χ4n) is 1.89. The molecule has 0 radical (unpaired) electrons. The monoisotopic (exact) mass is 341 g/mol. The van der Waals surface area contributed by atoms with E-state index in [1.54, 1.807) is 41.5 Å². The van der Waals surface area contributed by atoms with Gasteiger partial charge in [0.25, 0.3) is 5.56 Å². The number of nitrogens with one attached hydrogen (secondary N) is 3. The molecule has 0 saturated carbocycles. The molecular weight excluding hydrogens is 314 g/mol. The molecule has 0 aliphatic carbocycles. The van der Waals surface area contributed by atoms with Gasteiger partial charge in [-0.3, -0.25) is 9.89 Å². The van der Waals surface area contributed by atoms with Gasteiger partial charge in [0.15, 0.2) is 0 Å². The van der Waals surface area contributed by atoms with Crippen molar-refractivity contribution in [2.24, 2.45) is 0 Å². The number of alkyl carbamates (subject to hydrolysis) is 1. The first kappa shape index (κ1) is 19.8. The zero-order valence-corrected chi connectivity index (χ0v) is 15.1. The van der Waals surface area contributed by atoms with Crippen LogP contribution in [0.1, 0.15) is 53.5 Å². The number of ether oxygens (including phenoxy) is 2. The predicted molar refractivity (Wildman–Crippen MR) is 88.7 cm³/mol. The molecule has 0 unspecified atom stereocenters. The van der Waals surface area contributed by atoms with Crippen LogP contribution in [-0.2, 0) is 20.7 Å². The predicted octanol–water partition coefficient (Wildman–Crippen LogP) is 1.87. The number of hydrogen-bond acceptors (Lipinski definition) is 5. The van der Waals surface area contributed by atoms with E-state index in [2.05, 4.69) is 15.5 Å². The first-order chi connectivity index (χ1) is 10.9. The van der Waals surface area contributed by atoms with E-state index in [-0.39, 0.29) is 12.0 Å². The summed E-state index contributed by atoms with van der Waals surface area (Å²) in [7, 11) is 0. The van der Waals surface area contributed by atoms with E-state index in [9.17, 15) is 14.4 Å². The number of aryl methyl sites for hydroxylation is 1. The van der Waals surface area contributed by atoms with Gasteiger partial charge in [0.2, 0.25) is 0 Å². The van der Waals surface area contributed by atoms with E-state index in [1.807, 2.05) is 0 Å². The van der Waals surface area contributed by atoms with Gasteiger partial charge in [0.1, 0.15) is 17.2 Å². The topological polar surface area (TPSA) is 113 Å². The maximum absolute atomic E-state index is 12.3. The lowest BCUT2D eigenvalue weighted by molar-refractivity contribution is -0.157. The van der Waals surface area contributed by atoms with Crippen LogP contribution in [0.4, 0.5) is 4.79 Å². The average molecular weight is 341 g/mol. The van der Waals surface area contributed by atoms with E-state index < -0.39 is 29.3 Å². The Bertz CT molecular complexity index is 619. The normalized spacial score (nSPS) is 13.2. The van der Waals surface area contributed by atoms with Crippen LogP contribution in [0.25, 0.3) is 0 Å². The van der Waals surface area contributed by atoms with Gasteiger partial charge in [-0.05, 0) is 54.4 Å².